The number of aliphatic hydroxyl groups excluding tert-OH is 2. The monoisotopic (exact) mass is 228 g/mol. The maximum absolute atomic E-state index is 11.1. The first-order valence-electron chi connectivity index (χ1n) is 3.24. The average molecular weight is 228 g/mol. The van der Waals surface area contributed by atoms with Crippen molar-refractivity contribution in [2.75, 3.05) is 11.7 Å². The van der Waals surface area contributed by atoms with Crippen molar-refractivity contribution in [2.45, 2.75) is 6.10 Å². The van der Waals surface area contributed by atoms with Crippen LogP contribution in [0.1, 0.15) is 0 Å². The summed E-state index contributed by atoms with van der Waals surface area (Å²) in [6.07, 6.45) is -1.65. The Hall–Kier alpha value is -0.440. The zero-order chi connectivity index (χ0) is 10.3. The molecule has 0 aromatic rings. The Morgan fingerprint density at radius 2 is 1.92 bits per heavy atom. The quantitative estimate of drug-likeness (QED) is 0.565. The second kappa shape index (κ2) is 3.05. The Labute approximate surface area is 75.3 Å². The molecule has 0 bridgehead atoms. The van der Waals surface area contributed by atoms with Crippen LogP contribution >= 0.6 is 0 Å². The van der Waals surface area contributed by atoms with E-state index < -0.39 is 42.4 Å². The van der Waals surface area contributed by atoms with Crippen molar-refractivity contribution in [3.05, 3.63) is 10.3 Å². The number of rotatable bonds is 2. The zero-order valence-electron chi connectivity index (χ0n) is 6.41. The summed E-state index contributed by atoms with van der Waals surface area (Å²) in [6, 6.07) is 0. The first kappa shape index (κ1) is 10.6. The molecule has 2 N–H and O–H groups in total. The molecule has 1 aliphatic rings. The Morgan fingerprint density at radius 1 is 1.38 bits per heavy atom. The zero-order valence-corrected chi connectivity index (χ0v) is 8.05. The van der Waals surface area contributed by atoms with E-state index in [1.54, 1.807) is 0 Å². The number of sulfone groups is 2. The molecule has 0 radical (unpaired) electrons. The van der Waals surface area contributed by atoms with Crippen molar-refractivity contribution in [1.82, 2.24) is 0 Å². The van der Waals surface area contributed by atoms with Gasteiger partial charge in [-0.2, -0.15) is 0 Å². The second-order valence-electron chi connectivity index (χ2n) is 2.61. The Morgan fingerprint density at radius 3 is 2.23 bits per heavy atom. The van der Waals surface area contributed by atoms with E-state index >= 15 is 0 Å². The molecule has 0 aromatic carbocycles. The Balaban J connectivity index is 3.24. The Bertz CT molecular complexity index is 428. The number of aliphatic hydroxyl groups is 2. The van der Waals surface area contributed by atoms with Crippen molar-refractivity contribution in [3.63, 3.8) is 0 Å². The van der Waals surface area contributed by atoms with Gasteiger partial charge in [-0.1, -0.05) is 0 Å². The van der Waals surface area contributed by atoms with E-state index in [0.717, 1.165) is 0 Å². The molecule has 1 atom stereocenters. The fraction of sp³-hybridized carbons (Fsp3) is 0.600. The molecule has 0 amide bonds. The van der Waals surface area contributed by atoms with Crippen LogP contribution in [0.3, 0.4) is 0 Å². The van der Waals surface area contributed by atoms with E-state index in [2.05, 4.69) is 0 Å². The lowest BCUT2D eigenvalue weighted by Gasteiger charge is -2.05. The standard InChI is InChI=1S/C5H8O6S2/c6-1-4(7)5-2-12(8,9)3-13(5,10)11/h2,4,6-7H,1,3H2. The van der Waals surface area contributed by atoms with E-state index in [4.69, 9.17) is 10.2 Å². The highest BCUT2D eigenvalue weighted by Crippen LogP contribution is 2.23. The van der Waals surface area contributed by atoms with Crippen LogP contribution in [0, 0.1) is 0 Å². The highest BCUT2D eigenvalue weighted by Gasteiger charge is 2.37. The van der Waals surface area contributed by atoms with Crippen molar-refractivity contribution in [3.8, 4) is 0 Å². The summed E-state index contributed by atoms with van der Waals surface area (Å²) in [6.45, 7) is -0.819. The third-order valence-corrected chi connectivity index (χ3v) is 5.90. The summed E-state index contributed by atoms with van der Waals surface area (Å²) in [5, 5.41) is 16.9. The maximum Gasteiger partial charge on any atom is 0.192 e. The van der Waals surface area contributed by atoms with Gasteiger partial charge in [-0.05, 0) is 0 Å². The predicted octanol–water partition coefficient (Wildman–Crippen LogP) is -2.02. The smallest absolute Gasteiger partial charge is 0.192 e. The van der Waals surface area contributed by atoms with Gasteiger partial charge in [0.05, 0.1) is 11.5 Å². The molecule has 1 heterocycles. The lowest BCUT2D eigenvalue weighted by molar-refractivity contribution is 0.128. The molecule has 76 valence electrons. The van der Waals surface area contributed by atoms with Crippen LogP contribution in [0.2, 0.25) is 0 Å². The van der Waals surface area contributed by atoms with Gasteiger partial charge in [0.1, 0.15) is 6.10 Å². The average Bonchev–Trinajstić information content (AvgIpc) is 2.17. The van der Waals surface area contributed by atoms with E-state index in [9.17, 15) is 16.8 Å². The van der Waals surface area contributed by atoms with Crippen molar-refractivity contribution < 1.29 is 27.0 Å². The van der Waals surface area contributed by atoms with Crippen molar-refractivity contribution in [1.29, 1.82) is 0 Å². The van der Waals surface area contributed by atoms with Gasteiger partial charge in [-0.3, -0.25) is 0 Å². The summed E-state index contributed by atoms with van der Waals surface area (Å²) >= 11 is 0. The summed E-state index contributed by atoms with van der Waals surface area (Å²) in [7, 11) is -7.72. The van der Waals surface area contributed by atoms with Crippen molar-refractivity contribution >= 4 is 19.7 Å². The van der Waals surface area contributed by atoms with Crippen LogP contribution in [-0.2, 0) is 19.7 Å². The van der Waals surface area contributed by atoms with Gasteiger partial charge >= 0.3 is 0 Å². The van der Waals surface area contributed by atoms with Crippen LogP contribution in [0.15, 0.2) is 10.3 Å². The second-order valence-corrected chi connectivity index (χ2v) is 6.82. The third kappa shape index (κ3) is 2.08. The van der Waals surface area contributed by atoms with Crippen LogP contribution in [0.4, 0.5) is 0 Å². The molecule has 0 spiro atoms. The minimum absolute atomic E-state index is 0.489. The van der Waals surface area contributed by atoms with Gasteiger partial charge in [0.15, 0.2) is 24.8 Å². The lowest BCUT2D eigenvalue weighted by atomic mass is 10.4. The minimum atomic E-state index is -3.94. The number of hydrogen-bond donors (Lipinski definition) is 2. The molecule has 0 saturated carbocycles. The lowest BCUT2D eigenvalue weighted by Crippen LogP contribution is -2.20. The minimum Gasteiger partial charge on any atom is -0.393 e. The van der Waals surface area contributed by atoms with Crippen LogP contribution in [-0.4, -0.2) is 44.8 Å². The maximum atomic E-state index is 11.1. The summed E-state index contributed by atoms with van der Waals surface area (Å²) < 4.78 is 43.8. The van der Waals surface area contributed by atoms with Crippen LogP contribution in [0.25, 0.3) is 0 Å². The molecule has 1 aliphatic heterocycles. The van der Waals surface area contributed by atoms with E-state index in [1.807, 2.05) is 0 Å². The van der Waals surface area contributed by atoms with Gasteiger partial charge in [0, 0.05) is 5.41 Å². The highest BCUT2D eigenvalue weighted by atomic mass is 32.3. The van der Waals surface area contributed by atoms with Crippen molar-refractivity contribution in [2.24, 2.45) is 0 Å². The molecule has 0 fully saturated rings. The molecule has 0 saturated heterocycles. The van der Waals surface area contributed by atoms with E-state index in [-0.39, 0.29) is 0 Å². The third-order valence-electron chi connectivity index (χ3n) is 1.48. The van der Waals surface area contributed by atoms with Gasteiger partial charge in [-0.15, -0.1) is 0 Å². The SMILES string of the molecule is O=S1(=O)C=C(C(O)CO)S(=O)(=O)C1. The first-order chi connectivity index (χ1) is 5.78. The molecule has 13 heavy (non-hydrogen) atoms. The highest BCUT2D eigenvalue weighted by molar-refractivity contribution is 8.14. The van der Waals surface area contributed by atoms with Crippen LogP contribution < -0.4 is 0 Å². The molecule has 1 rings (SSSR count). The predicted molar refractivity (Wildman–Crippen MR) is 43.9 cm³/mol. The summed E-state index contributed by atoms with van der Waals surface area (Å²) in [5.74, 6) is 0. The van der Waals surface area contributed by atoms with Gasteiger partial charge in [0.2, 0.25) is 0 Å². The fourth-order valence-electron chi connectivity index (χ4n) is 0.944. The summed E-state index contributed by atoms with van der Waals surface area (Å²) in [5.41, 5.74) is 0. The topological polar surface area (TPSA) is 109 Å². The first-order valence-corrected chi connectivity index (χ1v) is 6.61. The molecule has 0 aromatic heterocycles. The Kier molecular flexibility index (Phi) is 2.50. The molecule has 1 unspecified atom stereocenters. The van der Waals surface area contributed by atoms with E-state index in [0.29, 0.717) is 5.41 Å². The molecule has 0 aliphatic carbocycles. The normalized spacial score (nSPS) is 26.8. The van der Waals surface area contributed by atoms with Gasteiger partial charge in [-0.25, -0.2) is 16.8 Å². The molecule has 8 heteroatoms. The molecular weight excluding hydrogens is 220 g/mol. The van der Waals surface area contributed by atoms with Gasteiger partial charge < -0.3 is 10.2 Å². The molecule has 6 nitrogen and oxygen atoms in total. The molecular formula is C5H8O6S2. The fourth-order valence-corrected chi connectivity index (χ4v) is 5.52. The summed E-state index contributed by atoms with van der Waals surface area (Å²) in [4.78, 5) is -0.630. The largest absolute Gasteiger partial charge is 0.393 e. The van der Waals surface area contributed by atoms with Gasteiger partial charge in [0.25, 0.3) is 0 Å². The van der Waals surface area contributed by atoms with Crippen LogP contribution in [0.5, 0.6) is 0 Å². The van der Waals surface area contributed by atoms with E-state index in [1.165, 1.54) is 0 Å². The number of hydrogen-bond acceptors (Lipinski definition) is 6.